The van der Waals surface area contributed by atoms with Crippen LogP contribution < -0.4 is 20.1 Å². The van der Waals surface area contributed by atoms with Crippen molar-refractivity contribution >= 4 is 27.5 Å². The highest BCUT2D eigenvalue weighted by Crippen LogP contribution is 2.43. The summed E-state index contributed by atoms with van der Waals surface area (Å²) in [5, 5.41) is 18.4. The highest BCUT2D eigenvalue weighted by atomic mass is 32.2. The molecule has 36 heavy (non-hydrogen) atoms. The van der Waals surface area contributed by atoms with E-state index >= 15 is 0 Å². The molecule has 1 aliphatic rings. The van der Waals surface area contributed by atoms with E-state index in [-0.39, 0.29) is 22.6 Å². The van der Waals surface area contributed by atoms with Crippen molar-refractivity contribution < 1.29 is 18.3 Å². The van der Waals surface area contributed by atoms with Gasteiger partial charge in [0.2, 0.25) is 0 Å². The minimum absolute atomic E-state index is 0.0542. The van der Waals surface area contributed by atoms with E-state index in [1.807, 2.05) is 13.8 Å². The van der Waals surface area contributed by atoms with Gasteiger partial charge >= 0.3 is 0 Å². The van der Waals surface area contributed by atoms with E-state index in [9.17, 15) is 18.3 Å². The average molecular weight is 517 g/mol. The van der Waals surface area contributed by atoms with Crippen molar-refractivity contribution in [1.29, 1.82) is 0 Å². The summed E-state index contributed by atoms with van der Waals surface area (Å²) in [6.45, 7) is 12.5. The Morgan fingerprint density at radius 1 is 1.17 bits per heavy atom. The molecule has 0 unspecified atom stereocenters. The first-order valence-corrected chi connectivity index (χ1v) is 14.2. The Hall–Kier alpha value is -2.78. The van der Waals surface area contributed by atoms with Gasteiger partial charge in [-0.2, -0.15) is 8.42 Å². The van der Waals surface area contributed by atoms with E-state index in [0.717, 1.165) is 61.0 Å². The third-order valence-electron chi connectivity index (χ3n) is 6.98. The topological polar surface area (TPSA) is 125 Å². The number of amides is 1. The molecule has 5 N–H and O–H groups in total. The molecule has 1 amide bonds. The van der Waals surface area contributed by atoms with Crippen molar-refractivity contribution in [3.05, 3.63) is 52.1 Å². The molecular weight excluding hydrogens is 476 g/mol. The predicted octanol–water partition coefficient (Wildman–Crippen LogP) is 4.18. The molecule has 2 aromatic rings. The number of phenolic OH excluding ortho intramolecular Hbond substituents is 1. The zero-order valence-electron chi connectivity index (χ0n) is 22.1. The molecule has 0 saturated heterocycles. The SMILES string of the molecule is CCCCCN1CCc2c(C)c(NS(N)(=O)=O)c(C)c(CC(C)(C)CNC(=O)c3ccccc3O)c21. The van der Waals surface area contributed by atoms with E-state index in [2.05, 4.69) is 35.7 Å². The molecule has 0 saturated carbocycles. The van der Waals surface area contributed by atoms with E-state index in [1.54, 1.807) is 18.2 Å². The Balaban J connectivity index is 1.94. The number of para-hydroxylation sites is 1. The van der Waals surface area contributed by atoms with Crippen molar-refractivity contribution in [2.45, 2.75) is 66.7 Å². The fraction of sp³-hybridized carbons (Fsp3) is 0.519. The van der Waals surface area contributed by atoms with Gasteiger partial charge in [0.15, 0.2) is 0 Å². The number of phenols is 1. The first kappa shape index (κ1) is 27.8. The van der Waals surface area contributed by atoms with E-state index in [0.29, 0.717) is 18.7 Å². The zero-order chi connectivity index (χ0) is 26.7. The summed E-state index contributed by atoms with van der Waals surface area (Å²) in [5.41, 5.74) is 5.67. The maximum absolute atomic E-state index is 12.7. The summed E-state index contributed by atoms with van der Waals surface area (Å²) in [4.78, 5) is 15.1. The van der Waals surface area contributed by atoms with Crippen LogP contribution in [0.25, 0.3) is 0 Å². The molecule has 0 bridgehead atoms. The molecule has 0 aliphatic carbocycles. The molecule has 0 radical (unpaired) electrons. The standard InChI is InChI=1S/C27H40N4O4S/c1-6-7-10-14-31-15-13-20-18(2)24(30-36(28,34)35)19(3)22(25(20)31)16-27(4,5)17-29-26(33)21-11-8-9-12-23(21)32/h8-9,11-12,30,32H,6-7,10,13-17H2,1-5H3,(H,29,33)(H2,28,34,35). The van der Waals surface area contributed by atoms with Crippen molar-refractivity contribution in [3.63, 3.8) is 0 Å². The first-order chi connectivity index (χ1) is 16.8. The lowest BCUT2D eigenvalue weighted by Gasteiger charge is -2.31. The molecule has 1 heterocycles. The maximum atomic E-state index is 12.7. The van der Waals surface area contributed by atoms with Crippen molar-refractivity contribution in [2.75, 3.05) is 29.3 Å². The lowest BCUT2D eigenvalue weighted by Crippen LogP contribution is -2.36. The maximum Gasteiger partial charge on any atom is 0.296 e. The normalized spacial score (nSPS) is 13.6. The second kappa shape index (κ2) is 11.1. The Morgan fingerprint density at radius 3 is 2.50 bits per heavy atom. The van der Waals surface area contributed by atoms with Gasteiger partial charge in [0.1, 0.15) is 5.75 Å². The number of hydrogen-bond donors (Lipinski definition) is 4. The first-order valence-electron chi connectivity index (χ1n) is 12.6. The molecule has 3 rings (SSSR count). The average Bonchev–Trinajstić information content (AvgIpc) is 3.22. The number of nitrogens with one attached hydrogen (secondary N) is 2. The number of rotatable bonds is 11. The van der Waals surface area contributed by atoms with Gasteiger partial charge in [-0.1, -0.05) is 45.7 Å². The van der Waals surface area contributed by atoms with Gasteiger partial charge in [0.25, 0.3) is 16.1 Å². The lowest BCUT2D eigenvalue weighted by molar-refractivity contribution is 0.0933. The van der Waals surface area contributed by atoms with Crippen LogP contribution in [0.5, 0.6) is 5.75 Å². The Kier molecular flexibility index (Phi) is 8.56. The summed E-state index contributed by atoms with van der Waals surface area (Å²) in [6, 6.07) is 6.47. The smallest absolute Gasteiger partial charge is 0.296 e. The molecule has 0 spiro atoms. The summed E-state index contributed by atoms with van der Waals surface area (Å²) >= 11 is 0. The number of anilines is 2. The number of carbonyl (C=O) groups excluding carboxylic acids is 1. The third-order valence-corrected chi connectivity index (χ3v) is 7.47. The van der Waals surface area contributed by atoms with E-state index in [4.69, 9.17) is 5.14 Å². The highest BCUT2D eigenvalue weighted by Gasteiger charge is 2.32. The van der Waals surface area contributed by atoms with Crippen LogP contribution >= 0.6 is 0 Å². The van der Waals surface area contributed by atoms with Gasteiger partial charge in [0.05, 0.1) is 11.3 Å². The molecular formula is C27H40N4O4S. The van der Waals surface area contributed by atoms with Gasteiger partial charge < -0.3 is 15.3 Å². The Bertz CT molecular complexity index is 1220. The summed E-state index contributed by atoms with van der Waals surface area (Å²) in [7, 11) is -3.93. The van der Waals surface area contributed by atoms with Crippen molar-refractivity contribution in [2.24, 2.45) is 10.6 Å². The fourth-order valence-electron chi connectivity index (χ4n) is 5.08. The molecule has 0 aromatic heterocycles. The fourth-order valence-corrected chi connectivity index (χ4v) is 5.67. The predicted molar refractivity (Wildman–Crippen MR) is 146 cm³/mol. The summed E-state index contributed by atoms with van der Waals surface area (Å²) < 4.78 is 26.5. The zero-order valence-corrected chi connectivity index (χ0v) is 22.9. The molecule has 8 nitrogen and oxygen atoms in total. The van der Waals surface area contributed by atoms with Gasteiger partial charge in [-0.05, 0) is 72.9 Å². The van der Waals surface area contributed by atoms with Crippen molar-refractivity contribution in [3.8, 4) is 5.75 Å². The number of aromatic hydroxyl groups is 1. The summed E-state index contributed by atoms with van der Waals surface area (Å²) in [6.07, 6.45) is 4.89. The van der Waals surface area contributed by atoms with Gasteiger partial charge in [0, 0.05) is 25.3 Å². The van der Waals surface area contributed by atoms with Crippen LogP contribution in [0.4, 0.5) is 11.4 Å². The second-order valence-corrected chi connectivity index (χ2v) is 11.9. The molecule has 0 fully saturated rings. The highest BCUT2D eigenvalue weighted by molar-refractivity contribution is 7.90. The van der Waals surface area contributed by atoms with Gasteiger partial charge in [-0.15, -0.1) is 0 Å². The number of fused-ring (bicyclic) bond motifs is 1. The number of benzene rings is 2. The number of nitrogens with zero attached hydrogens (tertiary/aromatic N) is 1. The van der Waals surface area contributed by atoms with Crippen molar-refractivity contribution in [1.82, 2.24) is 5.32 Å². The second-order valence-electron chi connectivity index (χ2n) is 10.6. The molecule has 1 aliphatic heterocycles. The largest absolute Gasteiger partial charge is 0.507 e. The number of nitrogens with two attached hydrogens (primary N) is 1. The quantitative estimate of drug-likeness (QED) is 0.334. The van der Waals surface area contributed by atoms with Crippen LogP contribution in [0, 0.1) is 19.3 Å². The van der Waals surface area contributed by atoms with Crippen LogP contribution in [-0.4, -0.2) is 39.1 Å². The van der Waals surface area contributed by atoms with E-state index in [1.165, 1.54) is 11.8 Å². The third kappa shape index (κ3) is 6.50. The lowest BCUT2D eigenvalue weighted by atomic mass is 9.81. The van der Waals surface area contributed by atoms with Crippen LogP contribution in [0.1, 0.15) is 72.6 Å². The number of unbranched alkanes of at least 4 members (excludes halogenated alkanes) is 2. The Labute approximate surface area is 215 Å². The minimum atomic E-state index is -3.93. The molecule has 0 atom stereocenters. The monoisotopic (exact) mass is 516 g/mol. The molecule has 198 valence electrons. The van der Waals surface area contributed by atoms with Gasteiger partial charge in [-0.3, -0.25) is 9.52 Å². The van der Waals surface area contributed by atoms with Crippen LogP contribution in [-0.2, 0) is 23.1 Å². The summed E-state index contributed by atoms with van der Waals surface area (Å²) in [5.74, 6) is -0.383. The molecule has 2 aromatic carbocycles. The van der Waals surface area contributed by atoms with Crippen LogP contribution in [0.15, 0.2) is 24.3 Å². The van der Waals surface area contributed by atoms with E-state index < -0.39 is 10.2 Å². The number of hydrogen-bond acceptors (Lipinski definition) is 5. The van der Waals surface area contributed by atoms with Crippen LogP contribution in [0.2, 0.25) is 0 Å². The van der Waals surface area contributed by atoms with Crippen LogP contribution in [0.3, 0.4) is 0 Å². The molecule has 9 heteroatoms. The van der Waals surface area contributed by atoms with Gasteiger partial charge in [-0.25, -0.2) is 5.14 Å². The minimum Gasteiger partial charge on any atom is -0.507 e. The number of carbonyl (C=O) groups is 1. The Morgan fingerprint density at radius 2 is 1.86 bits per heavy atom.